The average Bonchev–Trinajstić information content (AvgIpc) is 2.21. The molecule has 6 nitrogen and oxygen atoms in total. The molecule has 0 saturated carbocycles. The van der Waals surface area contributed by atoms with Crippen LogP contribution in [0.25, 0.3) is 0 Å². The first-order chi connectivity index (χ1) is 7.36. The fraction of sp³-hybridized carbons (Fsp3) is 0.900. The van der Waals surface area contributed by atoms with E-state index < -0.39 is 11.6 Å². The van der Waals surface area contributed by atoms with Gasteiger partial charge in [-0.1, -0.05) is 0 Å². The number of carboxylic acids is 1. The summed E-state index contributed by atoms with van der Waals surface area (Å²) in [5, 5.41) is 27.5. The lowest BCUT2D eigenvalue weighted by Crippen LogP contribution is -2.56. The molecular weight excluding hydrogens is 214 g/mol. The second kappa shape index (κ2) is 5.09. The summed E-state index contributed by atoms with van der Waals surface area (Å²) in [5.74, 6) is -1.24. The third-order valence-corrected chi connectivity index (χ3v) is 2.81. The molecule has 1 saturated heterocycles. The average molecular weight is 233 g/mol. The number of aliphatic carboxylic acids is 1. The van der Waals surface area contributed by atoms with E-state index in [2.05, 4.69) is 0 Å². The number of hydrogen-bond donors (Lipinski definition) is 3. The van der Waals surface area contributed by atoms with E-state index >= 15 is 0 Å². The van der Waals surface area contributed by atoms with Gasteiger partial charge in [0.15, 0.2) is 5.60 Å². The van der Waals surface area contributed by atoms with Crippen molar-refractivity contribution in [2.24, 2.45) is 0 Å². The quantitative estimate of drug-likeness (QED) is 0.571. The maximum atomic E-state index is 10.8. The largest absolute Gasteiger partial charge is 0.479 e. The molecule has 1 aliphatic rings. The van der Waals surface area contributed by atoms with E-state index in [4.69, 9.17) is 14.9 Å². The number of hydrogen-bond acceptors (Lipinski definition) is 5. The van der Waals surface area contributed by atoms with E-state index in [0.29, 0.717) is 13.2 Å². The lowest BCUT2D eigenvalue weighted by Gasteiger charge is -2.39. The smallest absolute Gasteiger partial charge is 0.336 e. The number of morpholine rings is 1. The lowest BCUT2D eigenvalue weighted by molar-refractivity contribution is -0.162. The van der Waals surface area contributed by atoms with Gasteiger partial charge in [0.1, 0.15) is 0 Å². The van der Waals surface area contributed by atoms with Crippen LogP contribution in [0.3, 0.4) is 0 Å². The Bertz CT molecular complexity index is 256. The van der Waals surface area contributed by atoms with Gasteiger partial charge in [-0.2, -0.15) is 0 Å². The maximum absolute atomic E-state index is 10.8. The zero-order chi connectivity index (χ0) is 12.3. The molecule has 3 unspecified atom stereocenters. The van der Waals surface area contributed by atoms with Gasteiger partial charge >= 0.3 is 5.97 Å². The third kappa shape index (κ3) is 3.15. The topological polar surface area (TPSA) is 90.2 Å². The van der Waals surface area contributed by atoms with Crippen LogP contribution in [0.1, 0.15) is 13.8 Å². The SMILES string of the molecule is CC1COC(CO)CN1CC(C)(O)C(=O)O. The second-order valence-corrected chi connectivity index (χ2v) is 4.50. The van der Waals surface area contributed by atoms with Crippen molar-refractivity contribution in [3.63, 3.8) is 0 Å². The molecule has 1 heterocycles. The number of ether oxygens (including phenoxy) is 1. The molecule has 3 N–H and O–H groups in total. The summed E-state index contributed by atoms with van der Waals surface area (Å²) in [6.45, 7) is 3.96. The van der Waals surface area contributed by atoms with Crippen LogP contribution in [0, 0.1) is 0 Å². The van der Waals surface area contributed by atoms with Gasteiger partial charge in [-0.3, -0.25) is 4.90 Å². The molecular formula is C10H19NO5. The molecule has 0 bridgehead atoms. The van der Waals surface area contributed by atoms with Gasteiger partial charge in [-0.25, -0.2) is 4.79 Å². The number of aliphatic hydroxyl groups is 2. The van der Waals surface area contributed by atoms with Crippen molar-refractivity contribution >= 4 is 5.97 Å². The summed E-state index contributed by atoms with van der Waals surface area (Å²) in [4.78, 5) is 12.6. The molecule has 1 fully saturated rings. The van der Waals surface area contributed by atoms with Gasteiger partial charge in [0.25, 0.3) is 0 Å². The van der Waals surface area contributed by atoms with Crippen LogP contribution in [0.5, 0.6) is 0 Å². The van der Waals surface area contributed by atoms with Crippen LogP contribution >= 0.6 is 0 Å². The molecule has 0 aromatic carbocycles. The Balaban J connectivity index is 2.60. The zero-order valence-corrected chi connectivity index (χ0v) is 9.59. The first-order valence-electron chi connectivity index (χ1n) is 5.29. The summed E-state index contributed by atoms with van der Waals surface area (Å²) >= 11 is 0. The lowest BCUT2D eigenvalue weighted by atomic mass is 10.0. The number of carboxylic acid groups (broad SMARTS) is 1. The third-order valence-electron chi connectivity index (χ3n) is 2.81. The molecule has 0 radical (unpaired) electrons. The fourth-order valence-corrected chi connectivity index (χ4v) is 1.67. The van der Waals surface area contributed by atoms with Crippen molar-refractivity contribution < 1.29 is 24.9 Å². The van der Waals surface area contributed by atoms with E-state index in [0.717, 1.165) is 0 Å². The van der Waals surface area contributed by atoms with E-state index in [1.807, 2.05) is 11.8 Å². The number of carbonyl (C=O) groups is 1. The predicted octanol–water partition coefficient (Wildman–Crippen LogP) is -1.10. The molecule has 94 valence electrons. The molecule has 0 aliphatic carbocycles. The summed E-state index contributed by atoms with van der Waals surface area (Å²) < 4.78 is 5.32. The zero-order valence-electron chi connectivity index (χ0n) is 9.59. The standard InChI is InChI=1S/C10H19NO5/c1-7-5-16-8(4-12)3-11(7)6-10(2,15)9(13)14/h7-8,12,15H,3-6H2,1-2H3,(H,13,14). The molecule has 0 aromatic rings. The highest BCUT2D eigenvalue weighted by atomic mass is 16.5. The van der Waals surface area contributed by atoms with Gasteiger partial charge < -0.3 is 20.1 Å². The van der Waals surface area contributed by atoms with Crippen molar-refractivity contribution in [2.45, 2.75) is 31.6 Å². The molecule has 6 heteroatoms. The number of nitrogens with zero attached hydrogens (tertiary/aromatic N) is 1. The van der Waals surface area contributed by atoms with E-state index in [-0.39, 0.29) is 25.3 Å². The van der Waals surface area contributed by atoms with E-state index in [9.17, 15) is 9.90 Å². The Morgan fingerprint density at radius 2 is 2.25 bits per heavy atom. The van der Waals surface area contributed by atoms with Crippen LogP contribution in [-0.2, 0) is 9.53 Å². The van der Waals surface area contributed by atoms with Crippen LogP contribution in [-0.4, -0.2) is 70.2 Å². The Labute approximate surface area is 94.4 Å². The summed E-state index contributed by atoms with van der Waals surface area (Å²) in [6.07, 6.45) is -0.305. The van der Waals surface area contributed by atoms with Crippen molar-refractivity contribution in [3.8, 4) is 0 Å². The molecule has 1 rings (SSSR count). The van der Waals surface area contributed by atoms with Crippen LogP contribution < -0.4 is 0 Å². The number of β-amino-alcohol motifs (C(OH)–C–C–N with tert-alkyl or cyclic N) is 1. The highest BCUT2D eigenvalue weighted by molar-refractivity contribution is 5.76. The number of rotatable bonds is 4. The van der Waals surface area contributed by atoms with Crippen molar-refractivity contribution in [1.82, 2.24) is 4.90 Å². The predicted molar refractivity (Wildman–Crippen MR) is 56.1 cm³/mol. The minimum absolute atomic E-state index is 0.0311. The highest BCUT2D eigenvalue weighted by Gasteiger charge is 2.36. The molecule has 0 spiro atoms. The second-order valence-electron chi connectivity index (χ2n) is 4.50. The van der Waals surface area contributed by atoms with Crippen LogP contribution in [0.15, 0.2) is 0 Å². The Morgan fingerprint density at radius 3 is 2.75 bits per heavy atom. The first-order valence-corrected chi connectivity index (χ1v) is 5.29. The van der Waals surface area contributed by atoms with Crippen LogP contribution in [0.4, 0.5) is 0 Å². The molecule has 0 amide bonds. The first kappa shape index (κ1) is 13.4. The van der Waals surface area contributed by atoms with Crippen molar-refractivity contribution in [3.05, 3.63) is 0 Å². The summed E-state index contributed by atoms with van der Waals surface area (Å²) in [7, 11) is 0. The Morgan fingerprint density at radius 1 is 1.62 bits per heavy atom. The van der Waals surface area contributed by atoms with Gasteiger partial charge in [0.2, 0.25) is 0 Å². The molecule has 0 aromatic heterocycles. The monoisotopic (exact) mass is 233 g/mol. The van der Waals surface area contributed by atoms with Gasteiger partial charge in [-0.05, 0) is 13.8 Å². The van der Waals surface area contributed by atoms with Crippen molar-refractivity contribution in [2.75, 3.05) is 26.3 Å². The van der Waals surface area contributed by atoms with Gasteiger partial charge in [0.05, 0.1) is 19.3 Å². The van der Waals surface area contributed by atoms with Gasteiger partial charge in [-0.15, -0.1) is 0 Å². The summed E-state index contributed by atoms with van der Waals surface area (Å²) in [6, 6.07) is 0.0358. The molecule has 3 atom stereocenters. The Kier molecular flexibility index (Phi) is 4.26. The van der Waals surface area contributed by atoms with Gasteiger partial charge in [0, 0.05) is 19.1 Å². The maximum Gasteiger partial charge on any atom is 0.336 e. The molecule has 1 aliphatic heterocycles. The normalized spacial score (nSPS) is 31.0. The Hall–Kier alpha value is -0.690. The highest BCUT2D eigenvalue weighted by Crippen LogP contribution is 2.15. The van der Waals surface area contributed by atoms with E-state index in [1.165, 1.54) is 6.92 Å². The minimum Gasteiger partial charge on any atom is -0.479 e. The fourth-order valence-electron chi connectivity index (χ4n) is 1.67. The van der Waals surface area contributed by atoms with Crippen LogP contribution in [0.2, 0.25) is 0 Å². The molecule has 16 heavy (non-hydrogen) atoms. The van der Waals surface area contributed by atoms with Crippen molar-refractivity contribution in [1.29, 1.82) is 0 Å². The van der Waals surface area contributed by atoms with E-state index in [1.54, 1.807) is 0 Å². The summed E-state index contributed by atoms with van der Waals surface area (Å²) in [5.41, 5.74) is -1.77. The minimum atomic E-state index is -1.77. The number of aliphatic hydroxyl groups excluding tert-OH is 1.